The van der Waals surface area contributed by atoms with Gasteiger partial charge in [0.25, 0.3) is 11.8 Å². The van der Waals surface area contributed by atoms with E-state index in [2.05, 4.69) is 16.0 Å². The van der Waals surface area contributed by atoms with Crippen molar-refractivity contribution in [1.82, 2.24) is 20.9 Å². The second-order valence-corrected chi connectivity index (χ2v) is 14.6. The zero-order valence-electron chi connectivity index (χ0n) is 30.3. The third kappa shape index (κ3) is 11.6. The fourth-order valence-corrected chi connectivity index (χ4v) is 5.26. The SMILES string of the molecule is CCC(C)C1NC(=O)C(C(C)C)OC(=O)C(CC(C)C)N(C)C(=O)C(C(C)C)NC(=O)C(C(C)C)OC(=O)C(CC(C)C)NC1=O. The normalized spacial score (nSPS) is 27.3. The third-order valence-electron chi connectivity index (χ3n) is 8.33. The van der Waals surface area contributed by atoms with Gasteiger partial charge in [-0.3, -0.25) is 19.2 Å². The van der Waals surface area contributed by atoms with E-state index in [9.17, 15) is 28.8 Å². The van der Waals surface area contributed by atoms with E-state index in [4.69, 9.17) is 9.47 Å². The van der Waals surface area contributed by atoms with Crippen molar-refractivity contribution in [2.75, 3.05) is 7.05 Å². The molecule has 0 spiro atoms. The van der Waals surface area contributed by atoms with E-state index in [-0.39, 0.29) is 36.5 Å². The van der Waals surface area contributed by atoms with Crippen molar-refractivity contribution in [3.8, 4) is 0 Å². The van der Waals surface area contributed by atoms with Crippen LogP contribution in [0, 0.1) is 35.5 Å². The van der Waals surface area contributed by atoms with Gasteiger partial charge in [0, 0.05) is 7.05 Å². The van der Waals surface area contributed by atoms with Gasteiger partial charge in [0.05, 0.1) is 0 Å². The van der Waals surface area contributed by atoms with E-state index in [0.717, 1.165) is 0 Å². The molecule has 0 aromatic rings. The molecule has 1 fully saturated rings. The van der Waals surface area contributed by atoms with Crippen LogP contribution in [0.3, 0.4) is 0 Å². The number of hydrogen-bond acceptors (Lipinski definition) is 8. The maximum Gasteiger partial charge on any atom is 0.329 e. The van der Waals surface area contributed by atoms with Crippen LogP contribution in [0.5, 0.6) is 0 Å². The summed E-state index contributed by atoms with van der Waals surface area (Å²) >= 11 is 0. The first kappa shape index (κ1) is 40.8. The minimum Gasteiger partial charge on any atom is -0.450 e. The quantitative estimate of drug-likeness (QED) is 0.320. The summed E-state index contributed by atoms with van der Waals surface area (Å²) in [4.78, 5) is 83.5. The van der Waals surface area contributed by atoms with E-state index < -0.39 is 83.8 Å². The van der Waals surface area contributed by atoms with Crippen molar-refractivity contribution >= 4 is 35.6 Å². The Morgan fingerprint density at radius 1 is 0.609 bits per heavy atom. The molecule has 4 amide bonds. The summed E-state index contributed by atoms with van der Waals surface area (Å²) in [7, 11) is 1.47. The monoisotopic (exact) mass is 652 g/mol. The molecule has 3 N–H and O–H groups in total. The molecule has 1 saturated heterocycles. The van der Waals surface area contributed by atoms with E-state index in [1.165, 1.54) is 11.9 Å². The van der Waals surface area contributed by atoms with Crippen LogP contribution in [0.15, 0.2) is 0 Å². The predicted molar refractivity (Wildman–Crippen MR) is 175 cm³/mol. The number of esters is 2. The van der Waals surface area contributed by atoms with Gasteiger partial charge < -0.3 is 30.3 Å². The largest absolute Gasteiger partial charge is 0.450 e. The predicted octanol–water partition coefficient (Wildman–Crippen LogP) is 3.21. The van der Waals surface area contributed by atoms with Crippen molar-refractivity contribution in [2.24, 2.45) is 35.5 Å². The highest BCUT2D eigenvalue weighted by atomic mass is 16.6. The number of rotatable bonds is 9. The van der Waals surface area contributed by atoms with Crippen LogP contribution in [0.25, 0.3) is 0 Å². The highest BCUT2D eigenvalue weighted by Gasteiger charge is 2.41. The molecular weight excluding hydrogens is 592 g/mol. The fourth-order valence-electron chi connectivity index (χ4n) is 5.26. The molecule has 0 aromatic carbocycles. The summed E-state index contributed by atoms with van der Waals surface area (Å²) in [6.07, 6.45) is -1.52. The first-order chi connectivity index (χ1) is 21.2. The summed E-state index contributed by atoms with van der Waals surface area (Å²) < 4.78 is 11.6. The van der Waals surface area contributed by atoms with Crippen LogP contribution >= 0.6 is 0 Å². The maximum atomic E-state index is 13.9. The number of nitrogens with one attached hydrogen (secondary N) is 3. The molecule has 7 unspecified atom stereocenters. The Hall–Kier alpha value is -3.18. The topological polar surface area (TPSA) is 160 Å². The Kier molecular flexibility index (Phi) is 16.2. The van der Waals surface area contributed by atoms with Crippen LogP contribution in [-0.4, -0.2) is 83.9 Å². The zero-order valence-corrected chi connectivity index (χ0v) is 30.3. The molecule has 0 radical (unpaired) electrons. The molecule has 46 heavy (non-hydrogen) atoms. The molecule has 0 aromatic heterocycles. The minimum atomic E-state index is -1.26. The van der Waals surface area contributed by atoms with Crippen molar-refractivity contribution in [1.29, 1.82) is 0 Å². The molecule has 7 atom stereocenters. The van der Waals surface area contributed by atoms with Crippen molar-refractivity contribution in [2.45, 2.75) is 139 Å². The Morgan fingerprint density at radius 2 is 1.07 bits per heavy atom. The molecule has 1 aliphatic rings. The van der Waals surface area contributed by atoms with Gasteiger partial charge in [0.15, 0.2) is 12.2 Å². The summed E-state index contributed by atoms with van der Waals surface area (Å²) in [5, 5.41) is 8.28. The zero-order chi connectivity index (χ0) is 35.6. The molecule has 0 aliphatic carbocycles. The standard InChI is InChI=1S/C34H60N4O8/c1-14-22(12)26-29(39)35-23(15-17(2)3)33(43)45-27(20(8)9)30(40)36-25(19(6)7)32(42)38(13)24(16-18(4)5)34(44)46-28(21(10)11)31(41)37-26/h17-28H,14-16H2,1-13H3,(H,35,39)(H,36,40)(H,37,41). The van der Waals surface area contributed by atoms with Gasteiger partial charge in [-0.1, -0.05) is 89.5 Å². The fraction of sp³-hybridized carbons (Fsp3) is 0.824. The number of likely N-dealkylation sites (N-methyl/N-ethyl adjacent to an activating group) is 1. The van der Waals surface area contributed by atoms with Gasteiger partial charge in [-0.05, 0) is 48.3 Å². The van der Waals surface area contributed by atoms with E-state index in [1.807, 2.05) is 34.6 Å². The maximum absolute atomic E-state index is 13.9. The minimum absolute atomic E-state index is 0.0222. The Balaban J connectivity index is 3.83. The lowest BCUT2D eigenvalue weighted by Crippen LogP contribution is -2.59. The highest BCUT2D eigenvalue weighted by Crippen LogP contribution is 2.21. The first-order valence-corrected chi connectivity index (χ1v) is 16.8. The highest BCUT2D eigenvalue weighted by molar-refractivity contribution is 5.95. The van der Waals surface area contributed by atoms with Crippen LogP contribution in [-0.2, 0) is 38.2 Å². The Morgan fingerprint density at radius 3 is 1.48 bits per heavy atom. The molecular formula is C34H60N4O8. The summed E-state index contributed by atoms with van der Waals surface area (Å²) in [6.45, 7) is 21.6. The number of cyclic esters (lactones) is 2. The smallest absolute Gasteiger partial charge is 0.329 e. The van der Waals surface area contributed by atoms with E-state index >= 15 is 0 Å². The number of nitrogens with zero attached hydrogens (tertiary/aromatic N) is 1. The molecule has 0 saturated carbocycles. The Labute approximate surface area is 275 Å². The van der Waals surface area contributed by atoms with Gasteiger partial charge in [-0.25, -0.2) is 9.59 Å². The van der Waals surface area contributed by atoms with E-state index in [0.29, 0.717) is 6.42 Å². The first-order valence-electron chi connectivity index (χ1n) is 16.8. The van der Waals surface area contributed by atoms with Crippen molar-refractivity contribution in [3.63, 3.8) is 0 Å². The second-order valence-electron chi connectivity index (χ2n) is 14.6. The molecule has 12 nitrogen and oxygen atoms in total. The molecule has 12 heteroatoms. The van der Waals surface area contributed by atoms with Crippen molar-refractivity contribution in [3.05, 3.63) is 0 Å². The number of carbonyl (C=O) groups is 6. The van der Waals surface area contributed by atoms with Gasteiger partial charge in [-0.2, -0.15) is 0 Å². The van der Waals surface area contributed by atoms with E-state index in [1.54, 1.807) is 48.5 Å². The average Bonchev–Trinajstić information content (AvgIpc) is 2.95. The third-order valence-corrected chi connectivity index (χ3v) is 8.33. The molecule has 264 valence electrons. The molecule has 0 bridgehead atoms. The number of hydrogen-bond donors (Lipinski definition) is 3. The van der Waals surface area contributed by atoms with Crippen molar-refractivity contribution < 1.29 is 38.2 Å². The summed E-state index contributed by atoms with van der Waals surface area (Å²) in [5.41, 5.74) is 0. The number of carbonyl (C=O) groups excluding carboxylic acids is 6. The summed E-state index contributed by atoms with van der Waals surface area (Å²) in [5.74, 6) is -5.68. The summed E-state index contributed by atoms with van der Waals surface area (Å²) in [6, 6.07) is -4.26. The average molecular weight is 653 g/mol. The van der Waals surface area contributed by atoms with Crippen LogP contribution in [0.1, 0.15) is 102 Å². The van der Waals surface area contributed by atoms with Gasteiger partial charge in [-0.15, -0.1) is 0 Å². The van der Waals surface area contributed by atoms with Gasteiger partial charge >= 0.3 is 11.9 Å². The van der Waals surface area contributed by atoms with Gasteiger partial charge in [0.1, 0.15) is 24.2 Å². The lowest BCUT2D eigenvalue weighted by atomic mass is 9.95. The van der Waals surface area contributed by atoms with Gasteiger partial charge in [0.2, 0.25) is 11.8 Å². The second kappa shape index (κ2) is 18.2. The lowest BCUT2D eigenvalue weighted by molar-refractivity contribution is -0.167. The lowest BCUT2D eigenvalue weighted by Gasteiger charge is -2.35. The molecule has 1 rings (SSSR count). The molecule has 1 heterocycles. The van der Waals surface area contributed by atoms with Crippen LogP contribution in [0.4, 0.5) is 0 Å². The molecule has 1 aliphatic heterocycles. The van der Waals surface area contributed by atoms with Crippen LogP contribution < -0.4 is 16.0 Å². The van der Waals surface area contributed by atoms with Crippen LogP contribution in [0.2, 0.25) is 0 Å². The Bertz CT molecular complexity index is 1070. The number of amides is 4. The number of ether oxygens (including phenoxy) is 2.